The predicted octanol–water partition coefficient (Wildman–Crippen LogP) is 2.25. The van der Waals surface area contributed by atoms with Crippen LogP contribution in [0.2, 0.25) is 0 Å². The SMILES string of the molecule is CC(C)CC(CNC(=O)NC(C)c1nccs1)C(=O)O. The predicted molar refractivity (Wildman–Crippen MR) is 77.6 cm³/mol. The minimum absolute atomic E-state index is 0.129. The van der Waals surface area contributed by atoms with Crippen molar-refractivity contribution in [2.45, 2.75) is 33.2 Å². The molecule has 2 unspecified atom stereocenters. The molecule has 0 bridgehead atoms. The minimum atomic E-state index is -0.882. The second-order valence-corrected chi connectivity index (χ2v) is 6.04. The Morgan fingerprint density at radius 1 is 1.40 bits per heavy atom. The summed E-state index contributed by atoms with van der Waals surface area (Å²) in [6, 6.07) is -0.564. The minimum Gasteiger partial charge on any atom is -0.481 e. The number of aliphatic carboxylic acids is 1. The summed E-state index contributed by atoms with van der Waals surface area (Å²) < 4.78 is 0. The van der Waals surface area contributed by atoms with Crippen molar-refractivity contribution in [1.82, 2.24) is 15.6 Å². The number of carboxylic acid groups (broad SMARTS) is 1. The van der Waals surface area contributed by atoms with E-state index in [0.29, 0.717) is 6.42 Å². The van der Waals surface area contributed by atoms with Crippen LogP contribution in [0.25, 0.3) is 0 Å². The maximum atomic E-state index is 11.7. The Morgan fingerprint density at radius 3 is 2.60 bits per heavy atom. The highest BCUT2D eigenvalue weighted by molar-refractivity contribution is 7.09. The van der Waals surface area contributed by atoms with Crippen LogP contribution in [0, 0.1) is 11.8 Å². The van der Waals surface area contributed by atoms with Gasteiger partial charge >= 0.3 is 12.0 Å². The van der Waals surface area contributed by atoms with Crippen molar-refractivity contribution in [2.75, 3.05) is 6.54 Å². The van der Waals surface area contributed by atoms with Gasteiger partial charge in [-0.05, 0) is 19.3 Å². The Hall–Kier alpha value is -1.63. The number of hydrogen-bond acceptors (Lipinski definition) is 4. The van der Waals surface area contributed by atoms with Crippen molar-refractivity contribution in [2.24, 2.45) is 11.8 Å². The molecule has 2 amide bonds. The van der Waals surface area contributed by atoms with Crippen LogP contribution in [0.3, 0.4) is 0 Å². The average molecular weight is 299 g/mol. The molecule has 2 atom stereocenters. The fraction of sp³-hybridized carbons (Fsp3) is 0.615. The first kappa shape index (κ1) is 16.4. The van der Waals surface area contributed by atoms with Gasteiger partial charge in [-0.3, -0.25) is 4.79 Å². The third-order valence-electron chi connectivity index (χ3n) is 2.78. The van der Waals surface area contributed by atoms with Crippen molar-refractivity contribution >= 4 is 23.3 Å². The molecule has 0 saturated heterocycles. The van der Waals surface area contributed by atoms with Crippen LogP contribution in [-0.4, -0.2) is 28.6 Å². The van der Waals surface area contributed by atoms with E-state index >= 15 is 0 Å². The largest absolute Gasteiger partial charge is 0.481 e. The van der Waals surface area contributed by atoms with Crippen LogP contribution < -0.4 is 10.6 Å². The van der Waals surface area contributed by atoms with E-state index in [1.165, 1.54) is 11.3 Å². The Balaban J connectivity index is 2.39. The van der Waals surface area contributed by atoms with Gasteiger partial charge in [0, 0.05) is 18.1 Å². The van der Waals surface area contributed by atoms with Crippen LogP contribution in [0.4, 0.5) is 4.79 Å². The van der Waals surface area contributed by atoms with Gasteiger partial charge in [0.2, 0.25) is 0 Å². The molecule has 0 saturated carbocycles. The summed E-state index contributed by atoms with van der Waals surface area (Å²) in [7, 11) is 0. The van der Waals surface area contributed by atoms with Gasteiger partial charge in [-0.2, -0.15) is 0 Å². The molecule has 1 heterocycles. The van der Waals surface area contributed by atoms with Gasteiger partial charge < -0.3 is 15.7 Å². The third kappa shape index (κ3) is 5.56. The molecule has 0 aliphatic rings. The number of nitrogens with one attached hydrogen (secondary N) is 2. The molecule has 1 aromatic heterocycles. The van der Waals surface area contributed by atoms with Gasteiger partial charge in [0.1, 0.15) is 5.01 Å². The van der Waals surface area contributed by atoms with E-state index in [0.717, 1.165) is 5.01 Å². The van der Waals surface area contributed by atoms with E-state index in [1.807, 2.05) is 26.2 Å². The number of urea groups is 1. The quantitative estimate of drug-likeness (QED) is 0.720. The first-order valence-corrected chi connectivity index (χ1v) is 7.44. The van der Waals surface area contributed by atoms with Crippen molar-refractivity contribution in [3.05, 3.63) is 16.6 Å². The lowest BCUT2D eigenvalue weighted by atomic mass is 9.97. The molecule has 0 fully saturated rings. The Labute approximate surface area is 122 Å². The van der Waals surface area contributed by atoms with Crippen LogP contribution in [0.1, 0.15) is 38.2 Å². The van der Waals surface area contributed by atoms with Gasteiger partial charge in [-0.1, -0.05) is 13.8 Å². The smallest absolute Gasteiger partial charge is 0.315 e. The van der Waals surface area contributed by atoms with Gasteiger partial charge in [0.15, 0.2) is 0 Å². The summed E-state index contributed by atoms with van der Waals surface area (Å²) in [5, 5.41) is 17.1. The summed E-state index contributed by atoms with van der Waals surface area (Å²) >= 11 is 1.46. The zero-order valence-corrected chi connectivity index (χ0v) is 12.7. The highest BCUT2D eigenvalue weighted by Gasteiger charge is 2.20. The first-order valence-electron chi connectivity index (χ1n) is 6.56. The Bertz CT molecular complexity index is 434. The monoisotopic (exact) mass is 299 g/mol. The lowest BCUT2D eigenvalue weighted by molar-refractivity contribution is -0.142. The summed E-state index contributed by atoms with van der Waals surface area (Å²) in [5.41, 5.74) is 0. The van der Waals surface area contributed by atoms with E-state index in [9.17, 15) is 9.59 Å². The number of carboxylic acids is 1. The molecule has 0 aliphatic carbocycles. The highest BCUT2D eigenvalue weighted by atomic mass is 32.1. The maximum Gasteiger partial charge on any atom is 0.315 e. The number of carbonyl (C=O) groups excluding carboxylic acids is 1. The lowest BCUT2D eigenvalue weighted by Crippen LogP contribution is -2.41. The van der Waals surface area contributed by atoms with Crippen LogP contribution in [-0.2, 0) is 4.79 Å². The van der Waals surface area contributed by atoms with Crippen LogP contribution >= 0.6 is 11.3 Å². The molecule has 0 aliphatic heterocycles. The van der Waals surface area contributed by atoms with Crippen molar-refractivity contribution in [3.8, 4) is 0 Å². The normalized spacial score (nSPS) is 13.8. The molecule has 6 nitrogen and oxygen atoms in total. The molecule has 1 aromatic rings. The van der Waals surface area contributed by atoms with Gasteiger partial charge in [-0.25, -0.2) is 9.78 Å². The maximum absolute atomic E-state index is 11.7. The number of nitrogens with zero attached hydrogens (tertiary/aromatic N) is 1. The van der Waals surface area contributed by atoms with Crippen LogP contribution in [0.15, 0.2) is 11.6 Å². The van der Waals surface area contributed by atoms with E-state index in [2.05, 4.69) is 15.6 Å². The number of rotatable bonds is 7. The molecule has 0 aromatic carbocycles. The second kappa shape index (κ2) is 7.84. The van der Waals surface area contributed by atoms with E-state index in [1.54, 1.807) is 6.20 Å². The second-order valence-electron chi connectivity index (χ2n) is 5.11. The Morgan fingerprint density at radius 2 is 2.10 bits per heavy atom. The molecule has 20 heavy (non-hydrogen) atoms. The van der Waals surface area contributed by atoms with Gasteiger partial charge in [0.25, 0.3) is 0 Å². The average Bonchev–Trinajstić information content (AvgIpc) is 2.87. The molecule has 0 radical (unpaired) electrons. The fourth-order valence-electron chi connectivity index (χ4n) is 1.81. The molecule has 112 valence electrons. The van der Waals surface area contributed by atoms with E-state index in [-0.39, 0.29) is 24.5 Å². The van der Waals surface area contributed by atoms with Crippen molar-refractivity contribution < 1.29 is 14.7 Å². The Kier molecular flexibility index (Phi) is 6.44. The zero-order valence-electron chi connectivity index (χ0n) is 11.9. The zero-order chi connectivity index (χ0) is 15.1. The summed E-state index contributed by atoms with van der Waals surface area (Å²) in [4.78, 5) is 26.9. The molecule has 1 rings (SSSR count). The van der Waals surface area contributed by atoms with Gasteiger partial charge in [0.05, 0.1) is 12.0 Å². The van der Waals surface area contributed by atoms with E-state index < -0.39 is 11.9 Å². The fourth-order valence-corrected chi connectivity index (χ4v) is 2.46. The van der Waals surface area contributed by atoms with Crippen LogP contribution in [0.5, 0.6) is 0 Å². The molecular formula is C13H21N3O3S. The third-order valence-corrected chi connectivity index (χ3v) is 3.74. The summed E-state index contributed by atoms with van der Waals surface area (Å²) in [5.74, 6) is -1.17. The molecule has 0 spiro atoms. The molecular weight excluding hydrogens is 278 g/mol. The van der Waals surface area contributed by atoms with Crippen molar-refractivity contribution in [3.63, 3.8) is 0 Å². The highest BCUT2D eigenvalue weighted by Crippen LogP contribution is 2.14. The summed E-state index contributed by atoms with van der Waals surface area (Å²) in [6.07, 6.45) is 2.22. The number of thiazole rings is 1. The number of amides is 2. The lowest BCUT2D eigenvalue weighted by Gasteiger charge is -2.17. The van der Waals surface area contributed by atoms with Gasteiger partial charge in [-0.15, -0.1) is 11.3 Å². The molecule has 3 N–H and O–H groups in total. The number of aromatic nitrogens is 1. The standard InChI is InChI=1S/C13H21N3O3S/c1-8(2)6-10(12(17)18)7-15-13(19)16-9(3)11-14-4-5-20-11/h4-5,8-10H,6-7H2,1-3H3,(H,17,18)(H2,15,16,19). The van der Waals surface area contributed by atoms with E-state index in [4.69, 9.17) is 5.11 Å². The number of hydrogen-bond donors (Lipinski definition) is 3. The first-order chi connectivity index (χ1) is 9.40. The summed E-state index contributed by atoms with van der Waals surface area (Å²) in [6.45, 7) is 5.88. The molecule has 7 heteroatoms. The number of carbonyl (C=O) groups is 2. The topological polar surface area (TPSA) is 91.3 Å². The van der Waals surface area contributed by atoms with Crippen molar-refractivity contribution in [1.29, 1.82) is 0 Å².